The van der Waals surface area contributed by atoms with Gasteiger partial charge in [0.2, 0.25) is 0 Å². The van der Waals surface area contributed by atoms with E-state index in [2.05, 4.69) is 32.7 Å². The first kappa shape index (κ1) is 11.7. The normalized spacial score (nSPS) is 8.82. The molecule has 3 heteroatoms. The van der Waals surface area contributed by atoms with Crippen molar-refractivity contribution >= 4 is 9.39 Å². The minimum atomic E-state index is 0. The number of hydrogen-bond acceptors (Lipinski definition) is 1. The molecule has 11 heavy (non-hydrogen) atoms. The first-order chi connectivity index (χ1) is 4.93. The second-order valence-electron chi connectivity index (χ2n) is 2.11. The summed E-state index contributed by atoms with van der Waals surface area (Å²) in [5.41, 5.74) is 1.36. The van der Waals surface area contributed by atoms with Gasteiger partial charge in [0.1, 0.15) is 0 Å². The molecule has 0 heterocycles. The molecule has 1 atom stereocenters. The molecule has 1 N–H and O–H groups in total. The molecule has 0 aliphatic rings. The minimum Gasteiger partial charge on any atom is -0.300 e. The van der Waals surface area contributed by atoms with Crippen molar-refractivity contribution < 1.29 is 32.7 Å². The monoisotopic (exact) mass is 241 g/mol. The molecular formula is C8H11NPY-. The summed E-state index contributed by atoms with van der Waals surface area (Å²) in [4.78, 5) is 0. The van der Waals surface area contributed by atoms with Crippen molar-refractivity contribution in [3.63, 3.8) is 0 Å². The van der Waals surface area contributed by atoms with Crippen LogP contribution >= 0.6 is 9.39 Å². The van der Waals surface area contributed by atoms with E-state index in [0.29, 0.717) is 0 Å². The summed E-state index contributed by atoms with van der Waals surface area (Å²) in [7, 11) is 2.49. The van der Waals surface area contributed by atoms with E-state index in [1.54, 1.807) is 0 Å². The third kappa shape index (κ3) is 5.03. The van der Waals surface area contributed by atoms with Crippen molar-refractivity contribution in [2.75, 3.05) is 6.54 Å². The summed E-state index contributed by atoms with van der Waals surface area (Å²) in [5, 5.41) is 3.02. The van der Waals surface area contributed by atoms with Gasteiger partial charge in [-0.25, -0.2) is 0 Å². The van der Waals surface area contributed by atoms with E-state index in [4.69, 9.17) is 0 Å². The van der Waals surface area contributed by atoms with Crippen LogP contribution in [-0.4, -0.2) is 6.54 Å². The molecule has 0 aliphatic heterocycles. The zero-order chi connectivity index (χ0) is 7.23. The molecule has 1 nitrogen and oxygen atoms in total. The second kappa shape index (κ2) is 7.37. The average Bonchev–Trinajstić information content (AvgIpc) is 2.03. The Kier molecular flexibility index (Phi) is 7.85. The largest absolute Gasteiger partial charge is 0.300 e. The Hall–Kier alpha value is 0.714. The van der Waals surface area contributed by atoms with Gasteiger partial charge in [-0.05, 0) is 6.42 Å². The number of rotatable bonds is 3. The van der Waals surface area contributed by atoms with Gasteiger partial charge in [-0.3, -0.25) is 0 Å². The van der Waals surface area contributed by atoms with E-state index in [1.807, 2.05) is 12.1 Å². The Labute approximate surface area is 95.5 Å². The SMILES string of the molecule is PNCCc1cc[c-]cc1.[Y]. The molecule has 0 bridgehead atoms. The Morgan fingerprint density at radius 2 is 2.00 bits per heavy atom. The van der Waals surface area contributed by atoms with Crippen molar-refractivity contribution in [2.45, 2.75) is 6.42 Å². The van der Waals surface area contributed by atoms with Crippen LogP contribution in [-0.2, 0) is 39.1 Å². The number of hydrogen-bond donors (Lipinski definition) is 1. The summed E-state index contributed by atoms with van der Waals surface area (Å²) in [6.45, 7) is 1.01. The quantitative estimate of drug-likeness (QED) is 0.623. The maximum Gasteiger partial charge on any atom is 0.000612 e. The fraction of sp³-hybridized carbons (Fsp3) is 0.250. The third-order valence-corrected chi connectivity index (χ3v) is 1.63. The topological polar surface area (TPSA) is 12.0 Å². The second-order valence-corrected chi connectivity index (χ2v) is 2.52. The molecule has 1 unspecified atom stereocenters. The number of nitrogens with one attached hydrogen (secondary N) is 1. The Morgan fingerprint density at radius 1 is 1.36 bits per heavy atom. The average molecular weight is 241 g/mol. The van der Waals surface area contributed by atoms with Crippen LogP contribution in [0.5, 0.6) is 0 Å². The Balaban J connectivity index is 0.000001000. The van der Waals surface area contributed by atoms with Crippen LogP contribution in [0.1, 0.15) is 5.56 Å². The molecule has 1 aromatic carbocycles. The van der Waals surface area contributed by atoms with E-state index in [0.717, 1.165) is 13.0 Å². The summed E-state index contributed by atoms with van der Waals surface area (Å²) in [6.07, 6.45) is 1.08. The van der Waals surface area contributed by atoms with Crippen LogP contribution in [0.2, 0.25) is 0 Å². The van der Waals surface area contributed by atoms with E-state index in [1.165, 1.54) is 5.56 Å². The molecular weight excluding hydrogens is 230 g/mol. The molecule has 0 saturated carbocycles. The van der Waals surface area contributed by atoms with Gasteiger partial charge >= 0.3 is 0 Å². The van der Waals surface area contributed by atoms with Gasteiger partial charge in [0, 0.05) is 39.3 Å². The molecule has 57 valence electrons. The van der Waals surface area contributed by atoms with Crippen molar-refractivity contribution in [1.29, 1.82) is 0 Å². The molecule has 1 radical (unpaired) electrons. The Bertz CT molecular complexity index is 179. The molecule has 0 aromatic heterocycles. The van der Waals surface area contributed by atoms with Crippen molar-refractivity contribution in [2.24, 2.45) is 0 Å². The first-order valence-corrected chi connectivity index (χ1v) is 3.89. The van der Waals surface area contributed by atoms with Crippen LogP contribution in [0.15, 0.2) is 24.3 Å². The zero-order valence-corrected chi connectivity index (χ0v) is 10.4. The Morgan fingerprint density at radius 3 is 2.55 bits per heavy atom. The molecule has 1 rings (SSSR count). The van der Waals surface area contributed by atoms with Gasteiger partial charge in [0.15, 0.2) is 0 Å². The van der Waals surface area contributed by atoms with Gasteiger partial charge in [0.25, 0.3) is 0 Å². The standard InChI is InChI=1S/C8H11NP.Y/c10-9-7-6-8-4-2-1-3-5-8;/h2-5,9H,6-7,10H2;/q-1;. The van der Waals surface area contributed by atoms with Gasteiger partial charge in [0.05, 0.1) is 0 Å². The summed E-state index contributed by atoms with van der Waals surface area (Å²) >= 11 is 0. The van der Waals surface area contributed by atoms with Crippen LogP contribution in [0.3, 0.4) is 0 Å². The fourth-order valence-corrected chi connectivity index (χ4v) is 0.949. The predicted molar refractivity (Wildman–Crippen MR) is 46.7 cm³/mol. The van der Waals surface area contributed by atoms with Crippen LogP contribution in [0.4, 0.5) is 0 Å². The van der Waals surface area contributed by atoms with Gasteiger partial charge in [-0.15, -0.1) is 0 Å². The summed E-state index contributed by atoms with van der Waals surface area (Å²) in [6, 6.07) is 11.0. The van der Waals surface area contributed by atoms with Crippen LogP contribution < -0.4 is 5.09 Å². The third-order valence-electron chi connectivity index (χ3n) is 1.35. The fourth-order valence-electron chi connectivity index (χ4n) is 0.805. The molecule has 0 spiro atoms. The minimum absolute atomic E-state index is 0. The van der Waals surface area contributed by atoms with Gasteiger partial charge in [-0.2, -0.15) is 35.9 Å². The summed E-state index contributed by atoms with van der Waals surface area (Å²) < 4.78 is 0. The molecule has 0 fully saturated rings. The smallest absolute Gasteiger partial charge is 0.000612 e. The molecule has 1 aromatic rings. The van der Waals surface area contributed by atoms with Crippen LogP contribution in [0, 0.1) is 6.07 Å². The number of benzene rings is 1. The van der Waals surface area contributed by atoms with Crippen molar-refractivity contribution in [1.82, 2.24) is 5.09 Å². The van der Waals surface area contributed by atoms with Gasteiger partial charge in [-0.1, -0.05) is 9.39 Å². The first-order valence-electron chi connectivity index (χ1n) is 3.32. The maximum atomic E-state index is 3.02. The van der Waals surface area contributed by atoms with E-state index in [9.17, 15) is 0 Å². The summed E-state index contributed by atoms with van der Waals surface area (Å²) in [5.74, 6) is 0. The van der Waals surface area contributed by atoms with Crippen LogP contribution in [0.25, 0.3) is 0 Å². The zero-order valence-electron chi connectivity index (χ0n) is 6.38. The van der Waals surface area contributed by atoms with E-state index >= 15 is 0 Å². The van der Waals surface area contributed by atoms with E-state index < -0.39 is 0 Å². The van der Waals surface area contributed by atoms with Crippen molar-refractivity contribution in [3.05, 3.63) is 35.9 Å². The molecule has 0 aliphatic carbocycles. The van der Waals surface area contributed by atoms with Crippen molar-refractivity contribution in [3.8, 4) is 0 Å². The predicted octanol–water partition coefficient (Wildman–Crippen LogP) is 1.41. The molecule has 0 amide bonds. The molecule has 0 saturated heterocycles. The van der Waals surface area contributed by atoms with Gasteiger partial charge < -0.3 is 5.09 Å². The maximum absolute atomic E-state index is 3.02. The van der Waals surface area contributed by atoms with E-state index in [-0.39, 0.29) is 32.7 Å².